The summed E-state index contributed by atoms with van der Waals surface area (Å²) < 4.78 is 12.0. The zero-order valence-electron chi connectivity index (χ0n) is 17.2. The van der Waals surface area contributed by atoms with Crippen molar-refractivity contribution >= 4 is 11.8 Å². The standard InChI is InChI=1S/C21H23N5O4/c1-13(2)19-15(12-23-26(19)18-7-5-6-10-22-18)21(28)25-24-20(27)14-8-9-16(29-3)17(11-14)30-4/h5-13H,1-4H3,(H,24,27)(H,25,28). The van der Waals surface area contributed by atoms with Gasteiger partial charge in [-0.15, -0.1) is 0 Å². The number of ether oxygens (including phenoxy) is 2. The van der Waals surface area contributed by atoms with Gasteiger partial charge in [0.1, 0.15) is 0 Å². The van der Waals surface area contributed by atoms with Crippen LogP contribution in [-0.4, -0.2) is 40.8 Å². The first-order valence-electron chi connectivity index (χ1n) is 9.28. The molecule has 0 aliphatic carbocycles. The van der Waals surface area contributed by atoms with Crippen LogP contribution in [0, 0.1) is 0 Å². The minimum absolute atomic E-state index is 0.00296. The summed E-state index contributed by atoms with van der Waals surface area (Å²) in [6.07, 6.45) is 3.12. The number of carbonyl (C=O) groups excluding carboxylic acids is 2. The van der Waals surface area contributed by atoms with E-state index in [4.69, 9.17) is 9.47 Å². The molecule has 0 radical (unpaired) electrons. The molecule has 2 aromatic heterocycles. The van der Waals surface area contributed by atoms with Gasteiger partial charge in [-0.25, -0.2) is 9.67 Å². The van der Waals surface area contributed by atoms with Crippen molar-refractivity contribution < 1.29 is 19.1 Å². The maximum atomic E-state index is 12.7. The predicted molar refractivity (Wildman–Crippen MR) is 110 cm³/mol. The second-order valence-corrected chi connectivity index (χ2v) is 6.68. The molecule has 1 aromatic carbocycles. The highest BCUT2D eigenvalue weighted by Gasteiger charge is 2.22. The molecule has 3 aromatic rings. The van der Waals surface area contributed by atoms with E-state index in [1.54, 1.807) is 35.1 Å². The van der Waals surface area contributed by atoms with Crippen LogP contribution in [0.2, 0.25) is 0 Å². The van der Waals surface area contributed by atoms with Crippen LogP contribution in [0.4, 0.5) is 0 Å². The molecule has 2 N–H and O–H groups in total. The summed E-state index contributed by atoms with van der Waals surface area (Å²) in [6.45, 7) is 3.91. The first-order chi connectivity index (χ1) is 14.5. The second kappa shape index (κ2) is 9.08. The van der Waals surface area contributed by atoms with E-state index in [0.29, 0.717) is 34.1 Å². The number of nitrogens with zero attached hydrogens (tertiary/aromatic N) is 3. The minimum Gasteiger partial charge on any atom is -0.493 e. The lowest BCUT2D eigenvalue weighted by atomic mass is 10.1. The SMILES string of the molecule is COc1ccc(C(=O)NNC(=O)c2cnn(-c3ccccn3)c2C(C)C)cc1OC. The van der Waals surface area contributed by atoms with Gasteiger partial charge in [0.05, 0.1) is 31.7 Å². The average Bonchev–Trinajstić information content (AvgIpc) is 3.23. The Bertz CT molecular complexity index is 1050. The Morgan fingerprint density at radius 1 is 1.00 bits per heavy atom. The smallest absolute Gasteiger partial charge is 0.273 e. The quantitative estimate of drug-likeness (QED) is 0.606. The summed E-state index contributed by atoms with van der Waals surface area (Å²) in [5.74, 6) is 0.547. The molecule has 2 amide bonds. The minimum atomic E-state index is -0.493. The zero-order valence-corrected chi connectivity index (χ0v) is 17.2. The van der Waals surface area contributed by atoms with Gasteiger partial charge in [0.25, 0.3) is 11.8 Å². The summed E-state index contributed by atoms with van der Waals surface area (Å²) >= 11 is 0. The van der Waals surface area contributed by atoms with Crippen LogP contribution in [0.25, 0.3) is 5.82 Å². The Morgan fingerprint density at radius 3 is 2.37 bits per heavy atom. The number of hydrogen-bond donors (Lipinski definition) is 2. The largest absolute Gasteiger partial charge is 0.493 e. The normalized spacial score (nSPS) is 10.6. The predicted octanol–water partition coefficient (Wildman–Crippen LogP) is 2.48. The maximum Gasteiger partial charge on any atom is 0.273 e. The van der Waals surface area contributed by atoms with Crippen molar-refractivity contribution in [3.8, 4) is 17.3 Å². The highest BCUT2D eigenvalue weighted by Crippen LogP contribution is 2.27. The van der Waals surface area contributed by atoms with Gasteiger partial charge in [-0.1, -0.05) is 19.9 Å². The molecule has 0 fully saturated rings. The van der Waals surface area contributed by atoms with Crippen molar-refractivity contribution in [1.29, 1.82) is 0 Å². The van der Waals surface area contributed by atoms with Gasteiger partial charge in [-0.3, -0.25) is 20.4 Å². The molecule has 9 nitrogen and oxygen atoms in total. The highest BCUT2D eigenvalue weighted by molar-refractivity contribution is 6.00. The molecule has 156 valence electrons. The molecule has 0 atom stereocenters. The van der Waals surface area contributed by atoms with Gasteiger partial charge in [-0.2, -0.15) is 5.10 Å². The Balaban J connectivity index is 1.77. The van der Waals surface area contributed by atoms with Crippen molar-refractivity contribution in [2.75, 3.05) is 14.2 Å². The van der Waals surface area contributed by atoms with Crippen molar-refractivity contribution in [3.63, 3.8) is 0 Å². The fraction of sp³-hybridized carbons (Fsp3) is 0.238. The van der Waals surface area contributed by atoms with E-state index < -0.39 is 11.8 Å². The molecule has 0 saturated heterocycles. The average molecular weight is 409 g/mol. The molecule has 0 bridgehead atoms. The lowest BCUT2D eigenvalue weighted by molar-refractivity contribution is 0.0845. The van der Waals surface area contributed by atoms with Crippen LogP contribution in [0.5, 0.6) is 11.5 Å². The lowest BCUT2D eigenvalue weighted by Gasteiger charge is -2.13. The fourth-order valence-corrected chi connectivity index (χ4v) is 2.98. The van der Waals surface area contributed by atoms with E-state index in [0.717, 1.165) is 0 Å². The van der Waals surface area contributed by atoms with Crippen molar-refractivity contribution in [2.45, 2.75) is 19.8 Å². The maximum absolute atomic E-state index is 12.7. The molecule has 0 spiro atoms. The van der Waals surface area contributed by atoms with Gasteiger partial charge in [0, 0.05) is 11.8 Å². The third-order valence-electron chi connectivity index (χ3n) is 4.40. The Morgan fingerprint density at radius 2 is 1.73 bits per heavy atom. The number of pyridine rings is 1. The number of hydrogen-bond acceptors (Lipinski definition) is 6. The Kier molecular flexibility index (Phi) is 6.31. The summed E-state index contributed by atoms with van der Waals surface area (Å²) in [7, 11) is 2.99. The fourth-order valence-electron chi connectivity index (χ4n) is 2.98. The molecule has 30 heavy (non-hydrogen) atoms. The van der Waals surface area contributed by atoms with Gasteiger partial charge >= 0.3 is 0 Å². The number of benzene rings is 1. The summed E-state index contributed by atoms with van der Waals surface area (Å²) in [6, 6.07) is 10.2. The molecule has 0 aliphatic rings. The topological polar surface area (TPSA) is 107 Å². The molecule has 0 saturated carbocycles. The Labute approximate surface area is 174 Å². The highest BCUT2D eigenvalue weighted by atomic mass is 16.5. The van der Waals surface area contributed by atoms with Crippen LogP contribution in [0.1, 0.15) is 46.2 Å². The molecule has 3 rings (SSSR count). The van der Waals surface area contributed by atoms with Crippen LogP contribution in [0.15, 0.2) is 48.8 Å². The van der Waals surface area contributed by atoms with Crippen molar-refractivity contribution in [3.05, 3.63) is 65.6 Å². The molecular weight excluding hydrogens is 386 g/mol. The van der Waals surface area contributed by atoms with Crippen LogP contribution in [-0.2, 0) is 0 Å². The van der Waals surface area contributed by atoms with Crippen LogP contribution >= 0.6 is 0 Å². The summed E-state index contributed by atoms with van der Waals surface area (Å²) in [5, 5.41) is 4.31. The van der Waals surface area contributed by atoms with E-state index in [2.05, 4.69) is 20.9 Å². The number of hydrazine groups is 1. The summed E-state index contributed by atoms with van der Waals surface area (Å²) in [5.41, 5.74) is 6.20. The second-order valence-electron chi connectivity index (χ2n) is 6.68. The zero-order chi connectivity index (χ0) is 21.7. The van der Waals surface area contributed by atoms with E-state index in [1.807, 2.05) is 19.9 Å². The van der Waals surface area contributed by atoms with E-state index in [1.165, 1.54) is 26.5 Å². The van der Waals surface area contributed by atoms with Crippen LogP contribution < -0.4 is 20.3 Å². The lowest BCUT2D eigenvalue weighted by Crippen LogP contribution is -2.42. The number of carbonyl (C=O) groups is 2. The van der Waals surface area contributed by atoms with Gasteiger partial charge < -0.3 is 9.47 Å². The van der Waals surface area contributed by atoms with Crippen molar-refractivity contribution in [1.82, 2.24) is 25.6 Å². The van der Waals surface area contributed by atoms with Gasteiger partial charge in [0.2, 0.25) is 0 Å². The molecule has 2 heterocycles. The Hall–Kier alpha value is -3.88. The monoisotopic (exact) mass is 409 g/mol. The number of nitrogens with one attached hydrogen (secondary N) is 2. The molecule has 0 unspecified atom stereocenters. The first-order valence-corrected chi connectivity index (χ1v) is 9.28. The molecule has 9 heteroatoms. The van der Waals surface area contributed by atoms with E-state index in [9.17, 15) is 9.59 Å². The number of methoxy groups -OCH3 is 2. The van der Waals surface area contributed by atoms with Crippen molar-refractivity contribution in [2.24, 2.45) is 0 Å². The first kappa shape index (κ1) is 20.8. The van der Waals surface area contributed by atoms with E-state index >= 15 is 0 Å². The van der Waals surface area contributed by atoms with Crippen LogP contribution in [0.3, 0.4) is 0 Å². The third kappa shape index (κ3) is 4.24. The number of rotatable bonds is 6. The van der Waals surface area contributed by atoms with E-state index in [-0.39, 0.29) is 5.92 Å². The third-order valence-corrected chi connectivity index (χ3v) is 4.40. The number of aromatic nitrogens is 3. The molecule has 0 aliphatic heterocycles. The van der Waals surface area contributed by atoms with Gasteiger partial charge in [0.15, 0.2) is 17.3 Å². The molecular formula is C21H23N5O4. The number of amides is 2. The summed E-state index contributed by atoms with van der Waals surface area (Å²) in [4.78, 5) is 29.5. The van der Waals surface area contributed by atoms with Gasteiger partial charge in [-0.05, 0) is 36.2 Å².